The maximum absolute atomic E-state index is 10.2. The second kappa shape index (κ2) is 85.0. The first kappa shape index (κ1) is 88.3. The van der Waals surface area contributed by atoms with Crippen molar-refractivity contribution in [2.24, 2.45) is 0 Å². The monoisotopic (exact) mass is 1330 g/mol. The van der Waals surface area contributed by atoms with Crippen molar-refractivity contribution in [1.29, 1.82) is 0 Å². The summed E-state index contributed by atoms with van der Waals surface area (Å²) in [6, 6.07) is 0. The Morgan fingerprint density at radius 3 is 0.309 bits per heavy atom. The van der Waals surface area contributed by atoms with Crippen molar-refractivity contribution in [1.82, 2.24) is 0 Å². The second-order valence-electron chi connectivity index (χ2n) is 24.3. The molecule has 485 valence electrons. The van der Waals surface area contributed by atoms with Crippen LogP contribution in [0.4, 0.5) is 0 Å². The van der Waals surface area contributed by atoms with E-state index in [2.05, 4.69) is 27.7 Å². The van der Waals surface area contributed by atoms with Gasteiger partial charge < -0.3 is 39.6 Å². The molecule has 1 radical (unpaired) electrons. The van der Waals surface area contributed by atoms with E-state index < -0.39 is 23.9 Å². The third kappa shape index (κ3) is 104. The zero-order chi connectivity index (χ0) is 59.6. The van der Waals surface area contributed by atoms with E-state index in [0.29, 0.717) is 0 Å². The van der Waals surface area contributed by atoms with Gasteiger partial charge in [0.1, 0.15) is 0 Å². The van der Waals surface area contributed by atoms with Crippen LogP contribution in [0, 0.1) is 0 Å². The van der Waals surface area contributed by atoms with Gasteiger partial charge in [-0.2, -0.15) is 0 Å². The molecule has 0 unspecified atom stereocenters. The van der Waals surface area contributed by atoms with Crippen molar-refractivity contribution >= 4 is 23.9 Å². The Balaban J connectivity index is -0.000000316. The predicted molar refractivity (Wildman–Crippen MR) is 338 cm³/mol. The van der Waals surface area contributed by atoms with Crippen LogP contribution in [-0.4, -0.2) is 23.9 Å². The van der Waals surface area contributed by atoms with Crippen LogP contribution in [0.15, 0.2) is 0 Å². The summed E-state index contributed by atoms with van der Waals surface area (Å²) in [5, 5.41) is 40.9. The second-order valence-corrected chi connectivity index (χ2v) is 24.3. The number of hydrogen-bond acceptors (Lipinski definition) is 8. The molecular formula is C72H140IrO8. The van der Waals surface area contributed by atoms with Crippen molar-refractivity contribution in [2.75, 3.05) is 0 Å². The first-order chi connectivity index (χ1) is 39.1. The zero-order valence-corrected chi connectivity index (χ0v) is 57.2. The third-order valence-electron chi connectivity index (χ3n) is 15.9. The number of hydrogen-bond donors (Lipinski definition) is 0. The topological polar surface area (TPSA) is 161 Å². The maximum Gasteiger partial charge on any atom is 4.00 e. The molecule has 0 spiro atoms. The number of carboxylic acids is 4. The molecule has 0 atom stereocenters. The van der Waals surface area contributed by atoms with Crippen molar-refractivity contribution in [3.8, 4) is 0 Å². The summed E-state index contributed by atoms with van der Waals surface area (Å²) in [6.45, 7) is 9.07. The van der Waals surface area contributed by atoms with E-state index in [-0.39, 0.29) is 45.8 Å². The fourth-order valence-corrected chi connectivity index (χ4v) is 10.6. The van der Waals surface area contributed by atoms with Crippen LogP contribution in [0.3, 0.4) is 0 Å². The molecule has 0 heterocycles. The average molecular weight is 1330 g/mol. The minimum atomic E-state index is -0.903. The summed E-state index contributed by atoms with van der Waals surface area (Å²) in [5.74, 6) is -3.61. The largest absolute Gasteiger partial charge is 4.00 e. The molecule has 0 saturated carbocycles. The summed E-state index contributed by atoms with van der Waals surface area (Å²) in [7, 11) is 0. The van der Waals surface area contributed by atoms with E-state index >= 15 is 0 Å². The Morgan fingerprint density at radius 1 is 0.160 bits per heavy atom. The molecule has 81 heavy (non-hydrogen) atoms. The van der Waals surface area contributed by atoms with Crippen LogP contribution >= 0.6 is 0 Å². The Morgan fingerprint density at radius 2 is 0.235 bits per heavy atom. The number of carbonyl (C=O) groups is 4. The minimum Gasteiger partial charge on any atom is -0.550 e. The average Bonchev–Trinajstić information content (AvgIpc) is 3.43. The van der Waals surface area contributed by atoms with Gasteiger partial charge in [-0.3, -0.25) is 0 Å². The molecule has 0 aromatic heterocycles. The van der Waals surface area contributed by atoms with Gasteiger partial charge in [0.2, 0.25) is 0 Å². The number of rotatable bonds is 64. The smallest absolute Gasteiger partial charge is 0.550 e. The van der Waals surface area contributed by atoms with Gasteiger partial charge in [-0.25, -0.2) is 0 Å². The molecule has 0 N–H and O–H groups in total. The molecule has 0 aliphatic carbocycles. The van der Waals surface area contributed by atoms with Crippen LogP contribution < -0.4 is 20.4 Å². The van der Waals surface area contributed by atoms with E-state index in [4.69, 9.17) is 0 Å². The van der Waals surface area contributed by atoms with Crippen LogP contribution in [0.25, 0.3) is 0 Å². The fourth-order valence-electron chi connectivity index (χ4n) is 10.6. The minimum absolute atomic E-state index is 0. The molecule has 0 rings (SSSR count). The SMILES string of the molecule is CCCCCCCCCCCCCCCCCC(=O)[O-].CCCCCCCCCCCCCCCCCC(=O)[O-].CCCCCCCCCCCCCCCCCC(=O)[O-].CCCCCCCCCCCCCCCCCC(=O)[O-].[Ir+4]. The quantitative estimate of drug-likeness (QED) is 0.0544. The summed E-state index contributed by atoms with van der Waals surface area (Å²) in [4.78, 5) is 40.9. The van der Waals surface area contributed by atoms with Gasteiger partial charge in [0.05, 0.1) is 0 Å². The van der Waals surface area contributed by atoms with Crippen LogP contribution in [0.1, 0.15) is 439 Å². The number of carboxylic acid groups (broad SMARTS) is 4. The van der Waals surface area contributed by atoms with Gasteiger partial charge >= 0.3 is 20.1 Å². The van der Waals surface area contributed by atoms with Crippen LogP contribution in [-0.2, 0) is 39.3 Å². The molecule has 0 aromatic rings. The van der Waals surface area contributed by atoms with Gasteiger partial charge in [0, 0.05) is 23.9 Å². The van der Waals surface area contributed by atoms with Crippen molar-refractivity contribution in [2.45, 2.75) is 439 Å². The first-order valence-corrected chi connectivity index (χ1v) is 35.9. The summed E-state index contributed by atoms with van der Waals surface area (Å²) in [6.07, 6.45) is 79.4. The molecule has 0 aliphatic rings. The van der Waals surface area contributed by atoms with E-state index in [9.17, 15) is 39.6 Å². The zero-order valence-electron chi connectivity index (χ0n) is 54.9. The molecule has 9 heteroatoms. The normalized spacial score (nSPS) is 10.7. The van der Waals surface area contributed by atoms with Crippen LogP contribution in [0.5, 0.6) is 0 Å². The van der Waals surface area contributed by atoms with E-state index in [1.807, 2.05) is 0 Å². The fraction of sp³-hybridized carbons (Fsp3) is 0.944. The van der Waals surface area contributed by atoms with Gasteiger partial charge in [-0.15, -0.1) is 0 Å². The Bertz CT molecular complexity index is 990. The third-order valence-corrected chi connectivity index (χ3v) is 15.9. The molecule has 0 saturated heterocycles. The summed E-state index contributed by atoms with van der Waals surface area (Å²) < 4.78 is 0. The van der Waals surface area contributed by atoms with E-state index in [1.54, 1.807) is 0 Å². The van der Waals surface area contributed by atoms with E-state index in [0.717, 1.165) is 51.4 Å². The molecule has 0 aromatic carbocycles. The van der Waals surface area contributed by atoms with Gasteiger partial charge in [-0.1, -0.05) is 387 Å². The van der Waals surface area contributed by atoms with Gasteiger partial charge in [-0.05, 0) is 51.4 Å². The summed E-state index contributed by atoms with van der Waals surface area (Å²) in [5.41, 5.74) is 0. The number of unbranched alkanes of at least 4 members (excludes halogenated alkanes) is 56. The van der Waals surface area contributed by atoms with Gasteiger partial charge in [0.15, 0.2) is 0 Å². The number of aliphatic carboxylic acids is 4. The Hall–Kier alpha value is -1.47. The number of carbonyl (C=O) groups excluding carboxylic acids is 4. The molecule has 0 fully saturated rings. The van der Waals surface area contributed by atoms with Crippen molar-refractivity contribution in [3.05, 3.63) is 0 Å². The molecule has 0 bridgehead atoms. The first-order valence-electron chi connectivity index (χ1n) is 35.9. The standard InChI is InChI=1S/4C18H36O2.Ir/c4*1-2-3-4-5-6-7-8-9-10-11-12-13-14-15-16-17-18(19)20;/h4*2-17H2,1H3,(H,19,20);/q;;;;+4/p-4. The molecule has 0 amide bonds. The van der Waals surface area contributed by atoms with Gasteiger partial charge in [0.25, 0.3) is 0 Å². The Labute approximate surface area is 519 Å². The van der Waals surface area contributed by atoms with Crippen molar-refractivity contribution < 1.29 is 59.7 Å². The predicted octanol–water partition coefficient (Wildman–Crippen LogP) is 20.0. The molecule has 0 aliphatic heterocycles. The van der Waals surface area contributed by atoms with Crippen molar-refractivity contribution in [3.63, 3.8) is 0 Å². The maximum atomic E-state index is 10.2. The van der Waals surface area contributed by atoms with Crippen LogP contribution in [0.2, 0.25) is 0 Å². The summed E-state index contributed by atoms with van der Waals surface area (Å²) >= 11 is 0. The molecule has 8 nitrogen and oxygen atoms in total. The molecular weight excluding hydrogens is 1190 g/mol. The van der Waals surface area contributed by atoms with E-state index in [1.165, 1.54) is 334 Å². The Kier molecular flexibility index (Phi) is 92.6.